The molecule has 0 fully saturated rings. The first-order chi connectivity index (χ1) is 8.34. The molecule has 5 heteroatoms. The number of hydrogen-bond acceptors (Lipinski definition) is 4. The Labute approximate surface area is 105 Å². The van der Waals surface area contributed by atoms with Crippen molar-refractivity contribution in [2.75, 3.05) is 12.3 Å². The van der Waals surface area contributed by atoms with E-state index in [1.165, 1.54) is 6.07 Å². The number of rotatable bonds is 4. The van der Waals surface area contributed by atoms with Gasteiger partial charge in [-0.25, -0.2) is 9.18 Å². The van der Waals surface area contributed by atoms with E-state index in [4.69, 9.17) is 15.7 Å². The molecule has 0 atom stereocenters. The Hall–Kier alpha value is -2.09. The van der Waals surface area contributed by atoms with E-state index in [-0.39, 0.29) is 17.9 Å². The lowest BCUT2D eigenvalue weighted by Gasteiger charge is -2.14. The maximum atomic E-state index is 13.0. The van der Waals surface area contributed by atoms with E-state index in [2.05, 4.69) is 6.07 Å². The molecule has 0 aromatic heterocycles. The van der Waals surface area contributed by atoms with Crippen molar-refractivity contribution in [1.82, 2.24) is 0 Å². The molecule has 0 bridgehead atoms. The van der Waals surface area contributed by atoms with Gasteiger partial charge in [-0.1, -0.05) is 0 Å². The third-order valence-electron chi connectivity index (χ3n) is 2.42. The second kappa shape index (κ2) is 5.50. The summed E-state index contributed by atoms with van der Waals surface area (Å²) in [6.07, 6.45) is 0.417. The van der Waals surface area contributed by atoms with Gasteiger partial charge < -0.3 is 10.5 Å². The molecule has 0 aliphatic rings. The van der Waals surface area contributed by atoms with Crippen molar-refractivity contribution in [3.05, 3.63) is 29.6 Å². The van der Waals surface area contributed by atoms with Gasteiger partial charge in [0.25, 0.3) is 0 Å². The number of halogens is 1. The first-order valence-electron chi connectivity index (χ1n) is 5.48. The topological polar surface area (TPSA) is 76.1 Å². The number of nitrogens with zero attached hydrogens (tertiary/aromatic N) is 1. The minimum absolute atomic E-state index is 0.0715. The predicted molar refractivity (Wildman–Crippen MR) is 65.1 cm³/mol. The fraction of sp³-hybridized carbons (Fsp3) is 0.385. The van der Waals surface area contributed by atoms with Gasteiger partial charge in [-0.3, -0.25) is 0 Å². The van der Waals surface area contributed by atoms with E-state index in [0.29, 0.717) is 6.42 Å². The van der Waals surface area contributed by atoms with Crippen molar-refractivity contribution in [2.45, 2.75) is 20.3 Å². The molecule has 0 amide bonds. The standard InChI is InChI=1S/C13H15FN2O2/c1-13(2,8-15)3-4-18-12(17)9-5-10(14)7-11(16)6-9/h5-7H,3-4,16H2,1-2H3. The second-order valence-corrected chi connectivity index (χ2v) is 4.65. The number of esters is 1. The Morgan fingerprint density at radius 3 is 2.72 bits per heavy atom. The van der Waals surface area contributed by atoms with Crippen molar-refractivity contribution < 1.29 is 13.9 Å². The summed E-state index contributed by atoms with van der Waals surface area (Å²) in [5.41, 5.74) is 5.11. The summed E-state index contributed by atoms with van der Waals surface area (Å²) in [5, 5.41) is 8.79. The maximum absolute atomic E-state index is 13.0. The van der Waals surface area contributed by atoms with Crippen LogP contribution in [0.25, 0.3) is 0 Å². The Morgan fingerprint density at radius 2 is 2.17 bits per heavy atom. The molecule has 1 aromatic carbocycles. The van der Waals surface area contributed by atoms with Gasteiger partial charge in [0.05, 0.1) is 23.7 Å². The van der Waals surface area contributed by atoms with Crippen molar-refractivity contribution in [2.24, 2.45) is 5.41 Å². The third-order valence-corrected chi connectivity index (χ3v) is 2.42. The Morgan fingerprint density at radius 1 is 1.50 bits per heavy atom. The number of carbonyl (C=O) groups is 1. The summed E-state index contributed by atoms with van der Waals surface area (Å²) in [5.74, 6) is -1.23. The molecule has 0 aliphatic carbocycles. The Balaban J connectivity index is 2.59. The largest absolute Gasteiger partial charge is 0.462 e. The lowest BCUT2D eigenvalue weighted by molar-refractivity contribution is 0.0474. The summed E-state index contributed by atoms with van der Waals surface area (Å²) in [6, 6.07) is 5.63. The average molecular weight is 250 g/mol. The molecule has 0 saturated heterocycles. The number of nitrogens with two attached hydrogens (primary N) is 1. The molecular formula is C13H15FN2O2. The van der Waals surface area contributed by atoms with E-state index < -0.39 is 17.2 Å². The number of ether oxygens (including phenoxy) is 1. The van der Waals surface area contributed by atoms with Gasteiger partial charge in [-0.05, 0) is 38.5 Å². The summed E-state index contributed by atoms with van der Waals surface area (Å²) in [7, 11) is 0. The zero-order valence-electron chi connectivity index (χ0n) is 10.4. The monoisotopic (exact) mass is 250 g/mol. The molecule has 18 heavy (non-hydrogen) atoms. The number of carbonyl (C=O) groups excluding carboxylic acids is 1. The van der Waals surface area contributed by atoms with Gasteiger partial charge in [0.2, 0.25) is 0 Å². The van der Waals surface area contributed by atoms with E-state index >= 15 is 0 Å². The smallest absolute Gasteiger partial charge is 0.338 e. The highest BCUT2D eigenvalue weighted by atomic mass is 19.1. The van der Waals surface area contributed by atoms with Crippen LogP contribution in [0, 0.1) is 22.6 Å². The Kier molecular flexibility index (Phi) is 4.27. The molecular weight excluding hydrogens is 235 g/mol. The summed E-state index contributed by atoms with van der Waals surface area (Å²) < 4.78 is 18.0. The maximum Gasteiger partial charge on any atom is 0.338 e. The predicted octanol–water partition coefficient (Wildman–Crippen LogP) is 2.50. The lowest BCUT2D eigenvalue weighted by atomic mass is 9.92. The van der Waals surface area contributed by atoms with Gasteiger partial charge in [-0.15, -0.1) is 0 Å². The van der Waals surface area contributed by atoms with Crippen LogP contribution in [0.1, 0.15) is 30.6 Å². The third kappa shape index (κ3) is 4.06. The molecule has 0 spiro atoms. The first kappa shape index (κ1) is 14.0. The van der Waals surface area contributed by atoms with Gasteiger partial charge in [0.15, 0.2) is 0 Å². The quantitative estimate of drug-likeness (QED) is 0.658. The molecule has 4 nitrogen and oxygen atoms in total. The second-order valence-electron chi connectivity index (χ2n) is 4.65. The van der Waals surface area contributed by atoms with Crippen LogP contribution in [-0.4, -0.2) is 12.6 Å². The molecule has 2 N–H and O–H groups in total. The number of anilines is 1. The number of nitriles is 1. The fourth-order valence-electron chi connectivity index (χ4n) is 1.27. The minimum atomic E-state index is -0.644. The van der Waals surface area contributed by atoms with Crippen LogP contribution >= 0.6 is 0 Å². The van der Waals surface area contributed by atoms with Crippen LogP contribution in [0.5, 0.6) is 0 Å². The summed E-state index contributed by atoms with van der Waals surface area (Å²) in [6.45, 7) is 3.61. The van der Waals surface area contributed by atoms with Gasteiger partial charge >= 0.3 is 5.97 Å². The highest BCUT2D eigenvalue weighted by Crippen LogP contribution is 2.19. The lowest BCUT2D eigenvalue weighted by Crippen LogP contribution is -2.15. The first-order valence-corrected chi connectivity index (χ1v) is 5.48. The van der Waals surface area contributed by atoms with Gasteiger partial charge in [0.1, 0.15) is 5.82 Å². The number of nitrogen functional groups attached to an aromatic ring is 1. The van der Waals surface area contributed by atoms with Crippen LogP contribution in [0.4, 0.5) is 10.1 Å². The zero-order chi connectivity index (χ0) is 13.8. The highest BCUT2D eigenvalue weighted by Gasteiger charge is 2.18. The van der Waals surface area contributed by atoms with Gasteiger partial charge in [0, 0.05) is 5.69 Å². The van der Waals surface area contributed by atoms with Crippen molar-refractivity contribution in [1.29, 1.82) is 5.26 Å². The molecule has 0 radical (unpaired) electrons. The molecule has 0 unspecified atom stereocenters. The van der Waals surface area contributed by atoms with E-state index in [9.17, 15) is 9.18 Å². The molecule has 0 aliphatic heterocycles. The van der Waals surface area contributed by atoms with Crippen molar-refractivity contribution in [3.63, 3.8) is 0 Å². The number of hydrogen-bond donors (Lipinski definition) is 1. The molecule has 0 heterocycles. The minimum Gasteiger partial charge on any atom is -0.462 e. The fourth-order valence-corrected chi connectivity index (χ4v) is 1.27. The van der Waals surface area contributed by atoms with E-state index in [1.54, 1.807) is 13.8 Å². The van der Waals surface area contributed by atoms with E-state index in [0.717, 1.165) is 12.1 Å². The van der Waals surface area contributed by atoms with Gasteiger partial charge in [-0.2, -0.15) is 5.26 Å². The number of benzene rings is 1. The summed E-state index contributed by atoms with van der Waals surface area (Å²) in [4.78, 5) is 11.6. The van der Waals surface area contributed by atoms with Crippen LogP contribution in [0.15, 0.2) is 18.2 Å². The van der Waals surface area contributed by atoms with Crippen molar-refractivity contribution in [3.8, 4) is 6.07 Å². The highest BCUT2D eigenvalue weighted by molar-refractivity contribution is 5.90. The van der Waals surface area contributed by atoms with Crippen LogP contribution in [0.2, 0.25) is 0 Å². The van der Waals surface area contributed by atoms with Crippen LogP contribution in [0.3, 0.4) is 0 Å². The molecule has 1 aromatic rings. The SMILES string of the molecule is CC(C)(C#N)CCOC(=O)c1cc(N)cc(F)c1. The van der Waals surface area contributed by atoms with Crippen molar-refractivity contribution >= 4 is 11.7 Å². The molecule has 0 saturated carbocycles. The molecule has 1 rings (SSSR count). The normalized spacial score (nSPS) is 10.8. The average Bonchev–Trinajstić information content (AvgIpc) is 2.27. The summed E-state index contributed by atoms with van der Waals surface area (Å²) >= 11 is 0. The molecule has 96 valence electrons. The van der Waals surface area contributed by atoms with Crippen LogP contribution in [-0.2, 0) is 4.74 Å². The zero-order valence-corrected chi connectivity index (χ0v) is 10.4. The Bertz CT molecular complexity index is 472. The van der Waals surface area contributed by atoms with Crippen LogP contribution < -0.4 is 5.73 Å². The van der Waals surface area contributed by atoms with E-state index in [1.807, 2.05) is 0 Å².